The average molecular weight is 482 g/mol. The van der Waals surface area contributed by atoms with Crippen LogP contribution in [0.3, 0.4) is 0 Å². The number of nitrogens with one attached hydrogen (secondary N) is 1. The minimum Gasteiger partial charge on any atom is -0.468 e. The third kappa shape index (κ3) is 5.82. The lowest BCUT2D eigenvalue weighted by Gasteiger charge is -2.24. The van der Waals surface area contributed by atoms with Crippen LogP contribution in [0.4, 0.5) is 0 Å². The molecule has 0 aliphatic heterocycles. The molecular weight excluding hydrogens is 450 g/mol. The summed E-state index contributed by atoms with van der Waals surface area (Å²) >= 11 is 1.47. The Morgan fingerprint density at radius 3 is 2.74 bits per heavy atom. The van der Waals surface area contributed by atoms with Crippen molar-refractivity contribution in [1.29, 1.82) is 0 Å². The van der Waals surface area contributed by atoms with E-state index in [1.54, 1.807) is 6.26 Å². The van der Waals surface area contributed by atoms with E-state index in [0.717, 1.165) is 22.5 Å². The van der Waals surface area contributed by atoms with Crippen molar-refractivity contribution in [3.05, 3.63) is 75.0 Å². The summed E-state index contributed by atoms with van der Waals surface area (Å²) in [7, 11) is 0. The van der Waals surface area contributed by atoms with Gasteiger partial charge in [0.05, 0.1) is 43.6 Å². The SMILES string of the molecule is Cc1ccc(-c2csc3nc(CN(Cc4ccco4)C[C@H](O)COC(C)C)[nH]c(=O)c23)c(C)c1. The predicted molar refractivity (Wildman–Crippen MR) is 135 cm³/mol. The van der Waals surface area contributed by atoms with E-state index >= 15 is 0 Å². The maximum Gasteiger partial charge on any atom is 0.260 e. The zero-order valence-corrected chi connectivity index (χ0v) is 20.8. The average Bonchev–Trinajstić information content (AvgIpc) is 3.42. The molecule has 7 nitrogen and oxygen atoms in total. The van der Waals surface area contributed by atoms with Gasteiger partial charge in [-0.25, -0.2) is 4.98 Å². The molecule has 0 aliphatic rings. The minimum atomic E-state index is -0.675. The molecule has 2 N–H and O–H groups in total. The summed E-state index contributed by atoms with van der Waals surface area (Å²) in [5.74, 6) is 1.32. The molecule has 0 unspecified atom stereocenters. The number of ether oxygens (including phenoxy) is 1. The number of hydrogen-bond donors (Lipinski definition) is 2. The zero-order valence-electron chi connectivity index (χ0n) is 20.0. The zero-order chi connectivity index (χ0) is 24.2. The predicted octanol–water partition coefficient (Wildman–Crippen LogP) is 4.65. The van der Waals surface area contributed by atoms with Gasteiger partial charge in [-0.05, 0) is 51.0 Å². The number of benzene rings is 1. The van der Waals surface area contributed by atoms with Crippen LogP contribution in [0.15, 0.2) is 51.2 Å². The van der Waals surface area contributed by atoms with Crippen LogP contribution in [0.1, 0.15) is 36.6 Å². The summed E-state index contributed by atoms with van der Waals surface area (Å²) in [4.78, 5) is 23.6. The fraction of sp³-hybridized carbons (Fsp3) is 0.385. The van der Waals surface area contributed by atoms with E-state index in [-0.39, 0.29) is 18.3 Å². The fourth-order valence-electron chi connectivity index (χ4n) is 4.06. The van der Waals surface area contributed by atoms with Gasteiger partial charge >= 0.3 is 0 Å². The van der Waals surface area contributed by atoms with E-state index in [4.69, 9.17) is 14.1 Å². The van der Waals surface area contributed by atoms with Crippen molar-refractivity contribution in [2.45, 2.75) is 53.0 Å². The molecule has 4 rings (SSSR count). The van der Waals surface area contributed by atoms with Gasteiger partial charge < -0.3 is 19.2 Å². The maximum atomic E-state index is 13.1. The van der Waals surface area contributed by atoms with E-state index in [9.17, 15) is 9.90 Å². The van der Waals surface area contributed by atoms with Crippen molar-refractivity contribution in [2.24, 2.45) is 0 Å². The smallest absolute Gasteiger partial charge is 0.260 e. The Labute approximate surface area is 203 Å². The second kappa shape index (κ2) is 10.7. The van der Waals surface area contributed by atoms with E-state index in [1.165, 1.54) is 16.9 Å². The van der Waals surface area contributed by atoms with Crippen molar-refractivity contribution in [3.63, 3.8) is 0 Å². The van der Waals surface area contributed by atoms with Crippen molar-refractivity contribution < 1.29 is 14.3 Å². The van der Waals surface area contributed by atoms with Crippen LogP contribution < -0.4 is 5.56 Å². The quantitative estimate of drug-likeness (QED) is 0.343. The summed E-state index contributed by atoms with van der Waals surface area (Å²) in [5.41, 5.74) is 4.12. The Bertz CT molecular complexity index is 1290. The summed E-state index contributed by atoms with van der Waals surface area (Å²) in [6, 6.07) is 9.96. The fourth-order valence-corrected chi connectivity index (χ4v) is 5.01. The normalized spacial score (nSPS) is 12.8. The van der Waals surface area contributed by atoms with Gasteiger partial charge in [-0.2, -0.15) is 0 Å². The first-order chi connectivity index (χ1) is 16.3. The van der Waals surface area contributed by atoms with Gasteiger partial charge in [0.25, 0.3) is 5.56 Å². The summed E-state index contributed by atoms with van der Waals surface area (Å²) < 4.78 is 11.1. The van der Waals surface area contributed by atoms with Crippen LogP contribution in [0.2, 0.25) is 0 Å². The number of aliphatic hydroxyl groups is 1. The third-order valence-corrected chi connectivity index (χ3v) is 6.46. The Hall–Kier alpha value is -2.78. The van der Waals surface area contributed by atoms with Gasteiger partial charge in [-0.1, -0.05) is 23.8 Å². The number of fused-ring (bicyclic) bond motifs is 1. The molecule has 0 fully saturated rings. The highest BCUT2D eigenvalue weighted by Gasteiger charge is 2.19. The lowest BCUT2D eigenvalue weighted by Crippen LogP contribution is -2.35. The number of furan rings is 1. The van der Waals surface area contributed by atoms with Crippen molar-refractivity contribution in [2.75, 3.05) is 13.2 Å². The van der Waals surface area contributed by atoms with Gasteiger partial charge in [0.1, 0.15) is 16.4 Å². The topological polar surface area (TPSA) is 91.6 Å². The summed E-state index contributed by atoms with van der Waals surface area (Å²) in [6.45, 7) is 9.42. The number of thiophene rings is 1. The molecule has 0 saturated heterocycles. The molecule has 0 amide bonds. The standard InChI is InChI=1S/C26H31N3O4S/c1-16(2)33-14-19(30)11-29(12-20-6-5-9-32-20)13-23-27-25(31)24-22(15-34-26(24)28-23)21-8-7-17(3)10-18(21)4/h5-10,15-16,19,30H,11-14H2,1-4H3,(H,27,28,31)/t19-/m0/s1. The number of H-pyrrole nitrogens is 1. The molecule has 0 radical (unpaired) electrons. The Morgan fingerprint density at radius 1 is 1.21 bits per heavy atom. The van der Waals surface area contributed by atoms with Crippen LogP contribution in [-0.4, -0.2) is 45.3 Å². The van der Waals surface area contributed by atoms with Crippen LogP contribution >= 0.6 is 11.3 Å². The summed E-state index contributed by atoms with van der Waals surface area (Å²) in [6.07, 6.45) is 0.988. The van der Waals surface area contributed by atoms with Crippen LogP contribution in [0.25, 0.3) is 21.3 Å². The van der Waals surface area contributed by atoms with Crippen LogP contribution in [0, 0.1) is 13.8 Å². The van der Waals surface area contributed by atoms with Crippen LogP contribution in [0.5, 0.6) is 0 Å². The number of hydrogen-bond acceptors (Lipinski definition) is 7. The molecule has 8 heteroatoms. The minimum absolute atomic E-state index is 0.0405. The number of nitrogens with zero attached hydrogens (tertiary/aromatic N) is 2. The van der Waals surface area contributed by atoms with Crippen molar-refractivity contribution in [3.8, 4) is 11.1 Å². The van der Waals surface area contributed by atoms with Crippen molar-refractivity contribution >= 4 is 21.6 Å². The van der Waals surface area contributed by atoms with Gasteiger partial charge in [-0.15, -0.1) is 11.3 Å². The first-order valence-corrected chi connectivity index (χ1v) is 12.3. The first-order valence-electron chi connectivity index (χ1n) is 11.4. The molecule has 34 heavy (non-hydrogen) atoms. The number of rotatable bonds is 10. The lowest BCUT2D eigenvalue weighted by molar-refractivity contribution is -0.0117. The molecule has 3 aromatic heterocycles. The number of aromatic amines is 1. The van der Waals surface area contributed by atoms with E-state index in [1.807, 2.05) is 36.3 Å². The third-order valence-electron chi connectivity index (χ3n) is 5.59. The largest absolute Gasteiger partial charge is 0.468 e. The molecule has 0 saturated carbocycles. The van der Waals surface area contributed by atoms with Crippen LogP contribution in [-0.2, 0) is 17.8 Å². The second-order valence-electron chi connectivity index (χ2n) is 8.95. The molecule has 180 valence electrons. The van der Waals surface area contributed by atoms with Crippen molar-refractivity contribution in [1.82, 2.24) is 14.9 Å². The highest BCUT2D eigenvalue weighted by Crippen LogP contribution is 2.33. The van der Waals surface area contributed by atoms with E-state index in [2.05, 4.69) is 37.0 Å². The number of aliphatic hydroxyl groups excluding tert-OH is 1. The molecule has 1 atom stereocenters. The summed E-state index contributed by atoms with van der Waals surface area (Å²) in [5, 5.41) is 13.1. The molecular formula is C26H31N3O4S. The highest BCUT2D eigenvalue weighted by molar-refractivity contribution is 7.17. The van der Waals surface area contributed by atoms with E-state index < -0.39 is 6.10 Å². The Kier molecular flexibility index (Phi) is 7.63. The number of aromatic nitrogens is 2. The second-order valence-corrected chi connectivity index (χ2v) is 9.80. The maximum absolute atomic E-state index is 13.1. The van der Waals surface area contributed by atoms with Gasteiger partial charge in [-0.3, -0.25) is 9.69 Å². The molecule has 3 heterocycles. The molecule has 4 aromatic rings. The molecule has 1 aromatic carbocycles. The van der Waals surface area contributed by atoms with Gasteiger partial charge in [0.2, 0.25) is 0 Å². The first kappa shape index (κ1) is 24.3. The lowest BCUT2D eigenvalue weighted by atomic mass is 9.99. The monoisotopic (exact) mass is 481 g/mol. The Morgan fingerprint density at radius 2 is 2.03 bits per heavy atom. The highest BCUT2D eigenvalue weighted by atomic mass is 32.1. The molecule has 0 aliphatic carbocycles. The number of aryl methyl sites for hydroxylation is 2. The van der Waals surface area contributed by atoms with E-state index in [0.29, 0.717) is 35.7 Å². The molecule has 0 spiro atoms. The molecule has 0 bridgehead atoms. The van der Waals surface area contributed by atoms with Gasteiger partial charge in [0, 0.05) is 17.5 Å². The Balaban J connectivity index is 1.60. The van der Waals surface area contributed by atoms with Gasteiger partial charge in [0.15, 0.2) is 0 Å².